The van der Waals surface area contributed by atoms with Crippen LogP contribution in [0.1, 0.15) is 17.3 Å². The minimum atomic E-state index is 0.0253. The van der Waals surface area contributed by atoms with E-state index in [1.165, 1.54) is 16.3 Å². The highest BCUT2D eigenvalue weighted by atomic mass is 15.3. The van der Waals surface area contributed by atoms with Gasteiger partial charge in [-0.25, -0.2) is 0 Å². The predicted molar refractivity (Wildman–Crippen MR) is 80.9 cm³/mol. The van der Waals surface area contributed by atoms with Gasteiger partial charge in [-0.3, -0.25) is 16.0 Å². The molecule has 3 aromatic rings. The second kappa shape index (κ2) is 5.45. The van der Waals surface area contributed by atoms with Gasteiger partial charge in [0.05, 0.1) is 11.7 Å². The Labute approximate surface area is 118 Å². The molecule has 102 valence electrons. The average Bonchev–Trinajstić information content (AvgIpc) is 2.91. The molecule has 0 radical (unpaired) electrons. The third kappa shape index (κ3) is 2.57. The van der Waals surface area contributed by atoms with Crippen LogP contribution in [0.4, 0.5) is 0 Å². The van der Waals surface area contributed by atoms with Crippen LogP contribution in [-0.4, -0.2) is 9.78 Å². The van der Waals surface area contributed by atoms with Crippen molar-refractivity contribution in [2.24, 2.45) is 12.9 Å². The molecule has 1 aromatic heterocycles. The van der Waals surface area contributed by atoms with Crippen molar-refractivity contribution in [1.29, 1.82) is 0 Å². The standard InChI is InChI=1S/C16H18N4/c1-20-9-8-15(19-20)16(18-17)11-12-6-7-13-4-2-3-5-14(13)10-12/h2-10,16,18H,11,17H2,1H3. The fourth-order valence-electron chi connectivity index (χ4n) is 2.47. The van der Waals surface area contributed by atoms with Gasteiger partial charge < -0.3 is 0 Å². The largest absolute Gasteiger partial charge is 0.275 e. The Bertz CT molecular complexity index is 717. The third-order valence-corrected chi connectivity index (χ3v) is 3.55. The van der Waals surface area contributed by atoms with Crippen LogP contribution in [0.2, 0.25) is 0 Å². The fraction of sp³-hybridized carbons (Fsp3) is 0.188. The fourth-order valence-corrected chi connectivity index (χ4v) is 2.47. The van der Waals surface area contributed by atoms with E-state index in [1.54, 1.807) is 4.68 Å². The van der Waals surface area contributed by atoms with Gasteiger partial charge >= 0.3 is 0 Å². The van der Waals surface area contributed by atoms with Gasteiger partial charge in [0.25, 0.3) is 0 Å². The maximum Gasteiger partial charge on any atom is 0.0810 e. The van der Waals surface area contributed by atoms with Crippen LogP contribution < -0.4 is 11.3 Å². The van der Waals surface area contributed by atoms with Crippen LogP contribution >= 0.6 is 0 Å². The molecule has 0 bridgehead atoms. The first kappa shape index (κ1) is 12.8. The number of hydrogen-bond acceptors (Lipinski definition) is 3. The summed E-state index contributed by atoms with van der Waals surface area (Å²) >= 11 is 0. The number of nitrogens with zero attached hydrogens (tertiary/aromatic N) is 2. The zero-order chi connectivity index (χ0) is 13.9. The Morgan fingerprint density at radius 1 is 1.15 bits per heavy atom. The minimum Gasteiger partial charge on any atom is -0.275 e. The predicted octanol–water partition coefficient (Wildman–Crippen LogP) is 2.32. The Morgan fingerprint density at radius 3 is 2.65 bits per heavy atom. The number of aryl methyl sites for hydroxylation is 1. The van der Waals surface area contributed by atoms with Crippen molar-refractivity contribution in [3.05, 3.63) is 66.0 Å². The molecule has 3 rings (SSSR count). The summed E-state index contributed by atoms with van der Waals surface area (Å²) in [6.45, 7) is 0. The van der Waals surface area contributed by atoms with E-state index in [0.29, 0.717) is 0 Å². The topological polar surface area (TPSA) is 55.9 Å². The summed E-state index contributed by atoms with van der Waals surface area (Å²) < 4.78 is 1.79. The van der Waals surface area contributed by atoms with E-state index < -0.39 is 0 Å². The highest BCUT2D eigenvalue weighted by Crippen LogP contribution is 2.20. The minimum absolute atomic E-state index is 0.0253. The molecule has 0 spiro atoms. The van der Waals surface area contributed by atoms with Gasteiger partial charge in [0, 0.05) is 13.2 Å². The van der Waals surface area contributed by atoms with Gasteiger partial charge in [-0.1, -0.05) is 42.5 Å². The lowest BCUT2D eigenvalue weighted by atomic mass is 10.0. The van der Waals surface area contributed by atoms with Crippen molar-refractivity contribution >= 4 is 10.8 Å². The molecule has 1 unspecified atom stereocenters. The summed E-state index contributed by atoms with van der Waals surface area (Å²) in [4.78, 5) is 0. The molecule has 0 saturated heterocycles. The molecule has 0 aliphatic heterocycles. The lowest BCUT2D eigenvalue weighted by Crippen LogP contribution is -2.30. The Kier molecular flexibility index (Phi) is 3.50. The van der Waals surface area contributed by atoms with E-state index in [9.17, 15) is 0 Å². The summed E-state index contributed by atoms with van der Waals surface area (Å²) in [5.41, 5.74) is 5.06. The monoisotopic (exact) mass is 266 g/mol. The number of fused-ring (bicyclic) bond motifs is 1. The quantitative estimate of drug-likeness (QED) is 0.563. The van der Waals surface area contributed by atoms with Crippen LogP contribution in [0, 0.1) is 0 Å². The van der Waals surface area contributed by atoms with Crippen molar-refractivity contribution in [2.45, 2.75) is 12.5 Å². The second-order valence-electron chi connectivity index (χ2n) is 5.02. The van der Waals surface area contributed by atoms with Gasteiger partial charge in [0.15, 0.2) is 0 Å². The molecule has 0 fully saturated rings. The van der Waals surface area contributed by atoms with E-state index in [1.807, 2.05) is 19.3 Å². The number of nitrogens with one attached hydrogen (secondary N) is 1. The van der Waals surface area contributed by atoms with Crippen molar-refractivity contribution in [2.75, 3.05) is 0 Å². The first-order valence-electron chi connectivity index (χ1n) is 6.69. The maximum atomic E-state index is 5.68. The Morgan fingerprint density at radius 2 is 1.95 bits per heavy atom. The third-order valence-electron chi connectivity index (χ3n) is 3.55. The van der Waals surface area contributed by atoms with Gasteiger partial charge in [-0.2, -0.15) is 5.10 Å². The lowest BCUT2D eigenvalue weighted by molar-refractivity contribution is 0.529. The highest BCUT2D eigenvalue weighted by molar-refractivity contribution is 5.83. The first-order valence-corrected chi connectivity index (χ1v) is 6.69. The number of rotatable bonds is 4. The summed E-state index contributed by atoms with van der Waals surface area (Å²) in [5, 5.41) is 6.92. The number of hydrazine groups is 1. The zero-order valence-corrected chi connectivity index (χ0v) is 11.5. The van der Waals surface area contributed by atoms with Crippen molar-refractivity contribution in [3.8, 4) is 0 Å². The molecular weight excluding hydrogens is 248 g/mol. The van der Waals surface area contributed by atoms with Gasteiger partial charge in [0.2, 0.25) is 0 Å². The van der Waals surface area contributed by atoms with Crippen molar-refractivity contribution in [1.82, 2.24) is 15.2 Å². The highest BCUT2D eigenvalue weighted by Gasteiger charge is 2.13. The van der Waals surface area contributed by atoms with Crippen LogP contribution in [0.15, 0.2) is 54.7 Å². The van der Waals surface area contributed by atoms with Gasteiger partial charge in [-0.15, -0.1) is 0 Å². The molecule has 0 saturated carbocycles. The summed E-state index contributed by atoms with van der Waals surface area (Å²) in [6, 6.07) is 16.9. The molecule has 3 N–H and O–H groups in total. The smallest absolute Gasteiger partial charge is 0.0810 e. The summed E-state index contributed by atoms with van der Waals surface area (Å²) in [6.07, 6.45) is 2.75. The first-order chi connectivity index (χ1) is 9.76. The molecule has 0 aliphatic carbocycles. The summed E-state index contributed by atoms with van der Waals surface area (Å²) in [5.74, 6) is 5.68. The molecule has 0 aliphatic rings. The van der Waals surface area contributed by atoms with E-state index in [-0.39, 0.29) is 6.04 Å². The summed E-state index contributed by atoms with van der Waals surface area (Å²) in [7, 11) is 1.91. The van der Waals surface area contributed by atoms with E-state index in [2.05, 4.69) is 53.0 Å². The normalized spacial score (nSPS) is 12.7. The molecule has 1 heterocycles. The lowest BCUT2D eigenvalue weighted by Gasteiger charge is -2.14. The van der Waals surface area contributed by atoms with Crippen molar-refractivity contribution in [3.63, 3.8) is 0 Å². The van der Waals surface area contributed by atoms with E-state index >= 15 is 0 Å². The number of aromatic nitrogens is 2. The van der Waals surface area contributed by atoms with Crippen LogP contribution in [-0.2, 0) is 13.5 Å². The van der Waals surface area contributed by atoms with E-state index in [4.69, 9.17) is 5.84 Å². The maximum absolute atomic E-state index is 5.68. The molecule has 20 heavy (non-hydrogen) atoms. The van der Waals surface area contributed by atoms with Crippen LogP contribution in [0.3, 0.4) is 0 Å². The molecule has 2 aromatic carbocycles. The van der Waals surface area contributed by atoms with Gasteiger partial charge in [-0.05, 0) is 28.8 Å². The molecule has 4 heteroatoms. The number of hydrogen-bond donors (Lipinski definition) is 2. The van der Waals surface area contributed by atoms with Crippen LogP contribution in [0.25, 0.3) is 10.8 Å². The van der Waals surface area contributed by atoms with E-state index in [0.717, 1.165) is 12.1 Å². The SMILES string of the molecule is Cn1ccc(C(Cc2ccc3ccccc3c2)NN)n1. The Hall–Kier alpha value is -2.17. The number of nitrogens with two attached hydrogens (primary N) is 1. The average molecular weight is 266 g/mol. The van der Waals surface area contributed by atoms with Crippen LogP contribution in [0.5, 0.6) is 0 Å². The molecule has 0 amide bonds. The van der Waals surface area contributed by atoms with Crippen molar-refractivity contribution < 1.29 is 0 Å². The molecule has 4 nitrogen and oxygen atoms in total. The molecule has 1 atom stereocenters. The Balaban J connectivity index is 1.87. The zero-order valence-electron chi connectivity index (χ0n) is 11.5. The second-order valence-corrected chi connectivity index (χ2v) is 5.02. The molecular formula is C16H18N4. The number of benzene rings is 2. The van der Waals surface area contributed by atoms with Gasteiger partial charge in [0.1, 0.15) is 0 Å².